The van der Waals surface area contributed by atoms with Crippen LogP contribution < -0.4 is 10.0 Å². The Hall–Kier alpha value is -0.270. The predicted molar refractivity (Wildman–Crippen MR) is 55.7 cm³/mol. The molecule has 2 aliphatic rings. The third-order valence-electron chi connectivity index (χ3n) is 3.51. The van der Waals surface area contributed by atoms with Crippen LogP contribution in [0.1, 0.15) is 32.1 Å². The lowest BCUT2D eigenvalue weighted by molar-refractivity contribution is 0.125. The summed E-state index contributed by atoms with van der Waals surface area (Å²) < 4.78 is 48.5. The summed E-state index contributed by atoms with van der Waals surface area (Å²) in [5.74, 6) is -3.33. The van der Waals surface area contributed by atoms with Crippen molar-refractivity contribution in [3.63, 3.8) is 0 Å². The predicted octanol–water partition coefficient (Wildman–Crippen LogP) is 0.803. The van der Waals surface area contributed by atoms with E-state index in [0.717, 1.165) is 19.3 Å². The van der Waals surface area contributed by atoms with E-state index < -0.39 is 15.8 Å². The van der Waals surface area contributed by atoms with E-state index in [-0.39, 0.29) is 11.6 Å². The Labute approximate surface area is 93.8 Å². The molecule has 1 spiro atoms. The molecule has 7 heteroatoms. The number of sulfonamides is 1. The SMILES string of the molecule is O=S(=O)(NC1CCNC2(CCC2)C1)C(F)F. The highest BCUT2D eigenvalue weighted by Gasteiger charge is 2.42. The Morgan fingerprint density at radius 1 is 1.38 bits per heavy atom. The monoisotopic (exact) mass is 254 g/mol. The Bertz CT molecular complexity index is 355. The first-order valence-corrected chi connectivity index (χ1v) is 7.03. The summed E-state index contributed by atoms with van der Waals surface area (Å²) in [4.78, 5) is 0. The number of hydrogen-bond donors (Lipinski definition) is 2. The van der Waals surface area contributed by atoms with Gasteiger partial charge in [-0.1, -0.05) is 0 Å². The molecule has 0 aromatic rings. The van der Waals surface area contributed by atoms with E-state index in [1.54, 1.807) is 0 Å². The van der Waals surface area contributed by atoms with E-state index in [2.05, 4.69) is 10.0 Å². The van der Waals surface area contributed by atoms with Gasteiger partial charge < -0.3 is 5.32 Å². The maximum atomic E-state index is 12.2. The Morgan fingerprint density at radius 2 is 2.06 bits per heavy atom. The molecule has 0 radical (unpaired) electrons. The number of rotatable bonds is 3. The van der Waals surface area contributed by atoms with Crippen molar-refractivity contribution in [2.75, 3.05) is 6.54 Å². The van der Waals surface area contributed by atoms with Crippen molar-refractivity contribution in [3.8, 4) is 0 Å². The van der Waals surface area contributed by atoms with Crippen molar-refractivity contribution in [1.82, 2.24) is 10.0 Å². The van der Waals surface area contributed by atoms with Gasteiger partial charge in [0.2, 0.25) is 0 Å². The van der Waals surface area contributed by atoms with Crippen molar-refractivity contribution in [1.29, 1.82) is 0 Å². The highest BCUT2D eigenvalue weighted by Crippen LogP contribution is 2.38. The maximum absolute atomic E-state index is 12.2. The van der Waals surface area contributed by atoms with E-state index in [4.69, 9.17) is 0 Å². The van der Waals surface area contributed by atoms with Crippen LogP contribution in [0.2, 0.25) is 0 Å². The van der Waals surface area contributed by atoms with Crippen LogP contribution in [0.5, 0.6) is 0 Å². The van der Waals surface area contributed by atoms with Crippen molar-refractivity contribution in [2.24, 2.45) is 0 Å². The van der Waals surface area contributed by atoms with Crippen molar-refractivity contribution in [3.05, 3.63) is 0 Å². The van der Waals surface area contributed by atoms with Gasteiger partial charge >= 0.3 is 5.76 Å². The molecule has 1 heterocycles. The fourth-order valence-electron chi connectivity index (χ4n) is 2.53. The maximum Gasteiger partial charge on any atom is 0.350 e. The molecule has 0 aromatic carbocycles. The molecule has 0 bridgehead atoms. The largest absolute Gasteiger partial charge is 0.350 e. The second-order valence-corrected chi connectivity index (χ2v) is 6.36. The van der Waals surface area contributed by atoms with Crippen LogP contribution in [0.15, 0.2) is 0 Å². The quantitative estimate of drug-likeness (QED) is 0.783. The van der Waals surface area contributed by atoms with Gasteiger partial charge in [0, 0.05) is 11.6 Å². The highest BCUT2D eigenvalue weighted by atomic mass is 32.2. The molecule has 16 heavy (non-hydrogen) atoms. The van der Waals surface area contributed by atoms with E-state index in [1.165, 1.54) is 0 Å². The van der Waals surface area contributed by atoms with Crippen molar-refractivity contribution >= 4 is 10.0 Å². The average molecular weight is 254 g/mol. The molecule has 1 aliphatic heterocycles. The zero-order valence-electron chi connectivity index (χ0n) is 8.88. The molecule has 1 saturated carbocycles. The second-order valence-electron chi connectivity index (χ2n) is 4.67. The summed E-state index contributed by atoms with van der Waals surface area (Å²) >= 11 is 0. The van der Waals surface area contributed by atoms with Gasteiger partial charge in [0.15, 0.2) is 0 Å². The van der Waals surface area contributed by atoms with Crippen molar-refractivity contribution in [2.45, 2.75) is 49.4 Å². The molecular weight excluding hydrogens is 238 g/mol. The van der Waals surface area contributed by atoms with Gasteiger partial charge in [-0.3, -0.25) is 0 Å². The normalized spacial score (nSPS) is 29.3. The zero-order chi connectivity index (χ0) is 11.8. The Kier molecular flexibility index (Phi) is 3.20. The lowest BCUT2D eigenvalue weighted by Crippen LogP contribution is -2.60. The first kappa shape index (κ1) is 12.2. The summed E-state index contributed by atoms with van der Waals surface area (Å²) in [6.45, 7) is 0.691. The molecule has 1 unspecified atom stereocenters. The average Bonchev–Trinajstić information content (AvgIpc) is 2.15. The van der Waals surface area contributed by atoms with E-state index in [0.29, 0.717) is 19.4 Å². The van der Waals surface area contributed by atoms with Crippen LogP contribution in [0, 0.1) is 0 Å². The summed E-state index contributed by atoms with van der Waals surface area (Å²) in [5, 5.41) is 3.35. The minimum atomic E-state index is -4.44. The molecule has 2 rings (SSSR count). The van der Waals surface area contributed by atoms with E-state index in [1.807, 2.05) is 0 Å². The molecular formula is C9H16F2N2O2S. The highest BCUT2D eigenvalue weighted by molar-refractivity contribution is 7.89. The van der Waals surface area contributed by atoms with Gasteiger partial charge in [0.25, 0.3) is 10.0 Å². The van der Waals surface area contributed by atoms with Gasteiger partial charge in [-0.15, -0.1) is 0 Å². The van der Waals surface area contributed by atoms with Crippen LogP contribution >= 0.6 is 0 Å². The standard InChI is InChI=1S/C9H16F2N2O2S/c10-8(11)16(14,15)13-7-2-5-12-9(6-7)3-1-4-9/h7-8,12-13H,1-6H2. The number of halogens is 2. The van der Waals surface area contributed by atoms with Gasteiger partial charge in [-0.2, -0.15) is 8.78 Å². The summed E-state index contributed by atoms with van der Waals surface area (Å²) in [6.07, 6.45) is 4.35. The molecule has 1 aliphatic carbocycles. The number of alkyl halides is 2. The number of hydrogen-bond acceptors (Lipinski definition) is 3. The molecule has 1 atom stereocenters. The fraction of sp³-hybridized carbons (Fsp3) is 1.00. The molecule has 4 nitrogen and oxygen atoms in total. The Balaban J connectivity index is 1.95. The molecule has 2 N–H and O–H groups in total. The second kappa shape index (κ2) is 4.19. The van der Waals surface area contributed by atoms with Gasteiger partial charge in [-0.25, -0.2) is 13.1 Å². The lowest BCUT2D eigenvalue weighted by atomic mass is 9.70. The van der Waals surface area contributed by atoms with E-state index in [9.17, 15) is 17.2 Å². The molecule has 1 saturated heterocycles. The molecule has 0 amide bonds. The first-order valence-electron chi connectivity index (χ1n) is 5.48. The molecule has 94 valence electrons. The summed E-state index contributed by atoms with van der Waals surface area (Å²) in [6, 6.07) is -0.347. The number of piperidine rings is 1. The minimum absolute atomic E-state index is 0.00750. The fourth-order valence-corrected chi connectivity index (χ4v) is 3.29. The van der Waals surface area contributed by atoms with Crippen LogP contribution in [0.3, 0.4) is 0 Å². The number of nitrogens with one attached hydrogen (secondary N) is 2. The van der Waals surface area contributed by atoms with Crippen LogP contribution in [0.25, 0.3) is 0 Å². The third kappa shape index (κ3) is 2.36. The lowest BCUT2D eigenvalue weighted by Gasteiger charge is -2.48. The summed E-state index contributed by atoms with van der Waals surface area (Å²) in [7, 11) is -4.44. The topological polar surface area (TPSA) is 58.2 Å². The van der Waals surface area contributed by atoms with Crippen LogP contribution in [-0.4, -0.2) is 32.3 Å². The third-order valence-corrected chi connectivity index (χ3v) is 4.64. The molecule has 2 fully saturated rings. The minimum Gasteiger partial charge on any atom is -0.311 e. The molecule has 0 aromatic heterocycles. The van der Waals surface area contributed by atoms with Gasteiger partial charge in [0.1, 0.15) is 0 Å². The van der Waals surface area contributed by atoms with Gasteiger partial charge in [-0.05, 0) is 38.6 Å². The van der Waals surface area contributed by atoms with E-state index >= 15 is 0 Å². The van der Waals surface area contributed by atoms with Crippen molar-refractivity contribution < 1.29 is 17.2 Å². The smallest absolute Gasteiger partial charge is 0.311 e. The van der Waals surface area contributed by atoms with Gasteiger partial charge in [0.05, 0.1) is 0 Å². The van der Waals surface area contributed by atoms with Crippen LogP contribution in [0.4, 0.5) is 8.78 Å². The first-order chi connectivity index (χ1) is 7.44. The Morgan fingerprint density at radius 3 is 2.56 bits per heavy atom. The summed E-state index contributed by atoms with van der Waals surface area (Å²) in [5.41, 5.74) is 0.00750. The zero-order valence-corrected chi connectivity index (χ0v) is 9.69. The van der Waals surface area contributed by atoms with Crippen LogP contribution in [-0.2, 0) is 10.0 Å².